The van der Waals surface area contributed by atoms with Crippen molar-refractivity contribution < 1.29 is 23.9 Å². The minimum atomic E-state index is -0.668. The van der Waals surface area contributed by atoms with Crippen molar-refractivity contribution in [2.24, 2.45) is 0 Å². The second kappa shape index (κ2) is 8.15. The lowest BCUT2D eigenvalue weighted by molar-refractivity contribution is -0.143. The van der Waals surface area contributed by atoms with E-state index in [0.717, 1.165) is 15.8 Å². The first-order chi connectivity index (χ1) is 11.8. The molecule has 25 heavy (non-hydrogen) atoms. The maximum absolute atomic E-state index is 12.2. The first-order valence-electron chi connectivity index (χ1n) is 7.73. The number of hydrogen-bond acceptors (Lipinski definition) is 5. The molecule has 0 unspecified atom stereocenters. The zero-order valence-electron chi connectivity index (χ0n) is 14.2. The minimum absolute atomic E-state index is 0.0862. The molecule has 1 aromatic rings. The Balaban J connectivity index is 2.17. The van der Waals surface area contributed by atoms with Gasteiger partial charge in [0.1, 0.15) is 18.0 Å². The molecule has 3 amide bonds. The van der Waals surface area contributed by atoms with Gasteiger partial charge in [-0.25, -0.2) is 9.69 Å². The zero-order valence-corrected chi connectivity index (χ0v) is 15.8. The van der Waals surface area contributed by atoms with Crippen LogP contribution in [0.3, 0.4) is 0 Å². The molecule has 0 aromatic heterocycles. The molecule has 1 aliphatic heterocycles. The molecule has 1 atom stereocenters. The Labute approximate surface area is 154 Å². The number of esters is 1. The van der Waals surface area contributed by atoms with Crippen LogP contribution in [0.1, 0.15) is 25.8 Å². The van der Waals surface area contributed by atoms with Crippen LogP contribution in [0.5, 0.6) is 5.75 Å². The van der Waals surface area contributed by atoms with E-state index in [1.165, 1.54) is 13.2 Å². The Morgan fingerprint density at radius 2 is 2.12 bits per heavy atom. The maximum atomic E-state index is 12.2. The van der Waals surface area contributed by atoms with Crippen molar-refractivity contribution in [1.82, 2.24) is 10.2 Å². The van der Waals surface area contributed by atoms with Gasteiger partial charge in [0.25, 0.3) is 5.91 Å². The van der Waals surface area contributed by atoms with Crippen LogP contribution in [-0.4, -0.2) is 42.6 Å². The van der Waals surface area contributed by atoms with Gasteiger partial charge >= 0.3 is 12.0 Å². The van der Waals surface area contributed by atoms with E-state index in [-0.39, 0.29) is 11.8 Å². The molecule has 1 N–H and O–H groups in total. The Bertz CT molecular complexity index is 732. The lowest BCUT2D eigenvalue weighted by atomic mass is 10.2. The van der Waals surface area contributed by atoms with Gasteiger partial charge in [-0.1, -0.05) is 13.0 Å². The van der Waals surface area contributed by atoms with E-state index in [1.54, 1.807) is 18.2 Å². The van der Waals surface area contributed by atoms with Crippen molar-refractivity contribution in [3.63, 3.8) is 0 Å². The smallest absolute Gasteiger partial charge is 0.329 e. The van der Waals surface area contributed by atoms with E-state index >= 15 is 0 Å². The fourth-order valence-corrected chi connectivity index (χ4v) is 2.57. The number of carbonyl (C=O) groups is 3. The molecule has 1 aliphatic rings. The third-order valence-electron chi connectivity index (χ3n) is 3.65. The monoisotopic (exact) mass is 410 g/mol. The average Bonchev–Trinajstić information content (AvgIpc) is 2.84. The number of imide groups is 1. The van der Waals surface area contributed by atoms with Crippen LogP contribution in [-0.2, 0) is 14.3 Å². The van der Waals surface area contributed by atoms with Crippen LogP contribution in [0.4, 0.5) is 4.79 Å². The fourth-order valence-electron chi connectivity index (χ4n) is 2.08. The van der Waals surface area contributed by atoms with Crippen LogP contribution in [0.25, 0.3) is 6.08 Å². The Hall–Kier alpha value is -2.35. The summed E-state index contributed by atoms with van der Waals surface area (Å²) in [6.07, 6.45) is 2.51. The van der Waals surface area contributed by atoms with Crippen molar-refractivity contribution in [1.29, 1.82) is 0 Å². The van der Waals surface area contributed by atoms with E-state index in [0.29, 0.717) is 11.3 Å². The molecule has 0 radical (unpaired) electrons. The minimum Gasteiger partial charge on any atom is -0.490 e. The summed E-state index contributed by atoms with van der Waals surface area (Å²) in [5.41, 5.74) is 0.795. The molecule has 1 aromatic carbocycles. The highest BCUT2D eigenvalue weighted by Gasteiger charge is 2.35. The summed E-state index contributed by atoms with van der Waals surface area (Å²) >= 11 is 3.44. The zero-order chi connectivity index (χ0) is 18.6. The highest BCUT2D eigenvalue weighted by Crippen LogP contribution is 2.28. The van der Waals surface area contributed by atoms with Gasteiger partial charge in [-0.2, -0.15) is 0 Å². The van der Waals surface area contributed by atoms with Gasteiger partial charge < -0.3 is 14.8 Å². The van der Waals surface area contributed by atoms with Crippen molar-refractivity contribution in [2.75, 3.05) is 13.7 Å². The molecule has 7 nitrogen and oxygen atoms in total. The first-order valence-corrected chi connectivity index (χ1v) is 8.52. The number of ether oxygens (including phenoxy) is 2. The van der Waals surface area contributed by atoms with Crippen LogP contribution in [0.15, 0.2) is 28.4 Å². The third-order valence-corrected chi connectivity index (χ3v) is 4.27. The SMILES string of the molecule is CC[C@H](C)Oc1ccc(/C=C2/NC(=O)N(CC(=O)OC)C2=O)cc1Br. The molecule has 1 heterocycles. The molecule has 0 saturated carbocycles. The number of rotatable bonds is 6. The number of nitrogens with one attached hydrogen (secondary N) is 1. The number of nitrogens with zero attached hydrogens (tertiary/aromatic N) is 1. The third kappa shape index (κ3) is 4.60. The molecule has 2 rings (SSSR count). The van der Waals surface area contributed by atoms with Gasteiger partial charge in [-0.05, 0) is 53.0 Å². The maximum Gasteiger partial charge on any atom is 0.329 e. The number of methoxy groups -OCH3 is 1. The van der Waals surface area contributed by atoms with E-state index in [1.807, 2.05) is 13.8 Å². The summed E-state index contributed by atoms with van der Waals surface area (Å²) in [4.78, 5) is 36.1. The molecule has 0 aliphatic carbocycles. The fraction of sp³-hybridized carbons (Fsp3) is 0.353. The Morgan fingerprint density at radius 3 is 2.72 bits per heavy atom. The summed E-state index contributed by atoms with van der Waals surface area (Å²) in [6, 6.07) is 4.69. The summed E-state index contributed by atoms with van der Waals surface area (Å²) in [5.74, 6) is -0.545. The van der Waals surface area contributed by atoms with Gasteiger partial charge in [0.15, 0.2) is 0 Å². The highest BCUT2D eigenvalue weighted by molar-refractivity contribution is 9.10. The number of amides is 3. The molecule has 1 fully saturated rings. The molecular weight excluding hydrogens is 392 g/mol. The molecule has 0 spiro atoms. The van der Waals surface area contributed by atoms with E-state index in [4.69, 9.17) is 4.74 Å². The van der Waals surface area contributed by atoms with Crippen molar-refractivity contribution in [3.8, 4) is 5.75 Å². The Morgan fingerprint density at radius 1 is 1.40 bits per heavy atom. The predicted octanol–water partition coefficient (Wildman–Crippen LogP) is 2.69. The van der Waals surface area contributed by atoms with Gasteiger partial charge in [-0.15, -0.1) is 0 Å². The number of carbonyl (C=O) groups excluding carboxylic acids is 3. The standard InChI is InChI=1S/C17H19BrN2O5/c1-4-10(2)25-14-6-5-11(7-12(14)18)8-13-16(22)20(17(23)19-13)9-15(21)24-3/h5-8,10H,4,9H2,1-3H3,(H,19,23)/b13-8+/t10-/m0/s1. The Kier molecular flexibility index (Phi) is 6.19. The molecular formula is C17H19BrN2O5. The summed E-state index contributed by atoms with van der Waals surface area (Å²) in [7, 11) is 1.19. The average molecular weight is 411 g/mol. The van der Waals surface area contributed by atoms with E-state index in [9.17, 15) is 14.4 Å². The van der Waals surface area contributed by atoms with Crippen molar-refractivity contribution in [3.05, 3.63) is 33.9 Å². The number of halogens is 1. The largest absolute Gasteiger partial charge is 0.490 e. The van der Waals surface area contributed by atoms with Crippen LogP contribution in [0.2, 0.25) is 0 Å². The summed E-state index contributed by atoms with van der Waals surface area (Å²) in [6.45, 7) is 3.58. The quantitative estimate of drug-likeness (QED) is 0.442. The van der Waals surface area contributed by atoms with Gasteiger partial charge in [0.05, 0.1) is 17.7 Å². The highest BCUT2D eigenvalue weighted by atomic mass is 79.9. The van der Waals surface area contributed by atoms with Gasteiger partial charge in [0, 0.05) is 0 Å². The number of urea groups is 1. The molecule has 8 heteroatoms. The predicted molar refractivity (Wildman–Crippen MR) is 94.8 cm³/mol. The lowest BCUT2D eigenvalue weighted by Crippen LogP contribution is -2.36. The lowest BCUT2D eigenvalue weighted by Gasteiger charge is -2.14. The van der Waals surface area contributed by atoms with Crippen LogP contribution in [0, 0.1) is 0 Å². The first kappa shape index (κ1) is 19.0. The van der Waals surface area contributed by atoms with E-state index in [2.05, 4.69) is 26.0 Å². The van der Waals surface area contributed by atoms with Gasteiger partial charge in [-0.3, -0.25) is 9.59 Å². The topological polar surface area (TPSA) is 84.9 Å². The second-order valence-corrected chi connectivity index (χ2v) is 6.34. The number of benzene rings is 1. The van der Waals surface area contributed by atoms with Crippen molar-refractivity contribution in [2.45, 2.75) is 26.4 Å². The normalized spacial score (nSPS) is 16.8. The van der Waals surface area contributed by atoms with E-state index < -0.39 is 24.5 Å². The molecule has 0 bridgehead atoms. The van der Waals surface area contributed by atoms with Gasteiger partial charge in [0.2, 0.25) is 0 Å². The molecule has 134 valence electrons. The van der Waals surface area contributed by atoms with Crippen LogP contribution < -0.4 is 10.1 Å². The van der Waals surface area contributed by atoms with Crippen molar-refractivity contribution >= 4 is 39.9 Å². The summed E-state index contributed by atoms with van der Waals surface area (Å²) < 4.78 is 11.0. The van der Waals surface area contributed by atoms with Crippen LogP contribution >= 0.6 is 15.9 Å². The second-order valence-electron chi connectivity index (χ2n) is 5.48. The summed E-state index contributed by atoms with van der Waals surface area (Å²) in [5, 5.41) is 2.45. The molecule has 1 saturated heterocycles. The number of hydrogen-bond donors (Lipinski definition) is 1.